The monoisotopic (exact) mass is 391 g/mol. The molecule has 2 N–H and O–H groups in total. The Bertz CT molecular complexity index is 948. The van der Waals surface area contributed by atoms with Crippen LogP contribution in [0.5, 0.6) is 0 Å². The molecule has 2 aromatic rings. The molecule has 130 valence electrons. The molecule has 2 rings (SSSR count). The molecular formula is C12H13N3O6S3. The Balaban J connectivity index is 2.16. The normalized spacial score (nSPS) is 12.2. The van der Waals surface area contributed by atoms with Crippen LogP contribution >= 0.6 is 11.3 Å². The minimum atomic E-state index is -3.82. The number of hydrogen-bond donors (Lipinski definition) is 1. The van der Waals surface area contributed by atoms with E-state index in [4.69, 9.17) is 5.14 Å². The lowest BCUT2D eigenvalue weighted by Crippen LogP contribution is -2.16. The fourth-order valence-corrected chi connectivity index (χ4v) is 4.99. The Morgan fingerprint density at radius 3 is 2.33 bits per heavy atom. The minimum absolute atomic E-state index is 0.0121. The minimum Gasteiger partial charge on any atom is -0.258 e. The van der Waals surface area contributed by atoms with E-state index in [1.165, 1.54) is 6.20 Å². The Morgan fingerprint density at radius 1 is 1.17 bits per heavy atom. The number of sulfonamides is 1. The van der Waals surface area contributed by atoms with E-state index in [1.54, 1.807) is 0 Å². The van der Waals surface area contributed by atoms with Gasteiger partial charge in [0, 0.05) is 18.6 Å². The third-order valence-corrected chi connectivity index (χ3v) is 7.12. The fourth-order valence-electron chi connectivity index (χ4n) is 1.82. The molecular weight excluding hydrogens is 378 g/mol. The van der Waals surface area contributed by atoms with Crippen LogP contribution in [0.15, 0.2) is 39.6 Å². The number of non-ortho nitro benzene ring substituents is 1. The molecule has 0 atom stereocenters. The molecule has 0 unspecified atom stereocenters. The van der Waals surface area contributed by atoms with Crippen molar-refractivity contribution in [3.05, 3.63) is 45.6 Å². The molecule has 1 aromatic heterocycles. The van der Waals surface area contributed by atoms with E-state index in [9.17, 15) is 26.9 Å². The molecule has 12 heteroatoms. The van der Waals surface area contributed by atoms with Crippen LogP contribution in [0.3, 0.4) is 0 Å². The molecule has 1 aromatic carbocycles. The van der Waals surface area contributed by atoms with E-state index in [0.717, 1.165) is 35.6 Å². The Labute approximate surface area is 142 Å². The van der Waals surface area contributed by atoms with Crippen molar-refractivity contribution in [1.29, 1.82) is 0 Å². The van der Waals surface area contributed by atoms with Crippen molar-refractivity contribution >= 4 is 36.9 Å². The van der Waals surface area contributed by atoms with Gasteiger partial charge >= 0.3 is 0 Å². The summed E-state index contributed by atoms with van der Waals surface area (Å²) in [7, 11) is -7.39. The maximum atomic E-state index is 12.4. The van der Waals surface area contributed by atoms with Gasteiger partial charge in [-0.3, -0.25) is 10.1 Å². The maximum absolute atomic E-state index is 12.4. The molecule has 0 amide bonds. The number of nitrogens with two attached hydrogens (primary N) is 1. The summed E-state index contributed by atoms with van der Waals surface area (Å²) in [6, 6.07) is 4.55. The van der Waals surface area contributed by atoms with Gasteiger partial charge in [0.1, 0.15) is 4.21 Å². The van der Waals surface area contributed by atoms with Crippen molar-refractivity contribution in [2.24, 2.45) is 5.14 Å². The molecule has 0 bridgehead atoms. The van der Waals surface area contributed by atoms with Crippen LogP contribution in [-0.4, -0.2) is 32.5 Å². The second-order valence-corrected chi connectivity index (χ2v) is 9.82. The molecule has 9 nitrogen and oxygen atoms in total. The van der Waals surface area contributed by atoms with Gasteiger partial charge in [-0.15, -0.1) is 11.3 Å². The summed E-state index contributed by atoms with van der Waals surface area (Å²) in [5.41, 5.74) is -0.207. The van der Waals surface area contributed by atoms with Crippen LogP contribution in [0.1, 0.15) is 11.4 Å². The highest BCUT2D eigenvalue weighted by molar-refractivity contribution is 7.93. The topological polar surface area (TPSA) is 150 Å². The van der Waals surface area contributed by atoms with Crippen LogP contribution in [0.4, 0.5) is 5.69 Å². The van der Waals surface area contributed by atoms with Crippen LogP contribution in [-0.2, 0) is 26.3 Å². The third kappa shape index (κ3) is 4.56. The first kappa shape index (κ1) is 18.4. The molecule has 0 radical (unpaired) electrons. The third-order valence-electron chi connectivity index (χ3n) is 2.97. The standard InChI is InChI=1S/C12H13N3O6S3/c13-23(18,19)7-1-2-11-14-8-12(22-11)24(20,21)10-5-3-9(4-6-10)15(16)17/h3-6,8H,1-2,7H2,(H2,13,18,19). The van der Waals surface area contributed by atoms with Crippen molar-refractivity contribution in [3.8, 4) is 0 Å². The zero-order valence-corrected chi connectivity index (χ0v) is 14.6. The lowest BCUT2D eigenvalue weighted by Gasteiger charge is -2.00. The first-order valence-corrected chi connectivity index (χ1v) is 10.6. The quantitative estimate of drug-likeness (QED) is 0.548. The molecule has 24 heavy (non-hydrogen) atoms. The summed E-state index contributed by atoms with van der Waals surface area (Å²) < 4.78 is 46.6. The Kier molecular flexibility index (Phi) is 5.32. The molecule has 0 fully saturated rings. The van der Waals surface area contributed by atoms with Crippen molar-refractivity contribution in [1.82, 2.24) is 4.98 Å². The van der Waals surface area contributed by atoms with Gasteiger partial charge in [0.05, 0.1) is 26.8 Å². The molecule has 0 saturated carbocycles. The van der Waals surface area contributed by atoms with E-state index >= 15 is 0 Å². The number of hydrogen-bond acceptors (Lipinski definition) is 8. The average Bonchev–Trinajstić information content (AvgIpc) is 2.95. The van der Waals surface area contributed by atoms with Gasteiger partial charge < -0.3 is 0 Å². The van der Waals surface area contributed by atoms with Crippen LogP contribution in [0.2, 0.25) is 0 Å². The largest absolute Gasteiger partial charge is 0.269 e. The van der Waals surface area contributed by atoms with Gasteiger partial charge in [0.15, 0.2) is 0 Å². The summed E-state index contributed by atoms with van der Waals surface area (Å²) in [5, 5.41) is 16.0. The molecule has 0 aliphatic heterocycles. The number of nitro benzene ring substituents is 1. The number of rotatable bonds is 7. The van der Waals surface area contributed by atoms with Gasteiger partial charge in [-0.1, -0.05) is 0 Å². The van der Waals surface area contributed by atoms with Crippen molar-refractivity contribution in [3.63, 3.8) is 0 Å². The number of primary sulfonamides is 1. The average molecular weight is 391 g/mol. The SMILES string of the molecule is NS(=O)(=O)CCCc1ncc(S(=O)(=O)c2ccc([N+](=O)[O-])cc2)s1. The molecule has 0 aliphatic rings. The number of nitrogens with zero attached hydrogens (tertiary/aromatic N) is 2. The van der Waals surface area contributed by atoms with E-state index in [1.807, 2.05) is 0 Å². The van der Waals surface area contributed by atoms with Gasteiger partial charge in [-0.05, 0) is 18.6 Å². The summed E-state index contributed by atoms with van der Waals surface area (Å²) in [6.07, 6.45) is 1.72. The molecule has 0 aliphatic carbocycles. The predicted octanol–water partition coefficient (Wildman–Crippen LogP) is 1.11. The van der Waals surface area contributed by atoms with Crippen LogP contribution < -0.4 is 5.14 Å². The summed E-state index contributed by atoms with van der Waals surface area (Å²) in [5.74, 6) is -0.211. The van der Waals surface area contributed by atoms with Gasteiger partial charge in [0.2, 0.25) is 19.9 Å². The number of nitro groups is 1. The zero-order valence-electron chi connectivity index (χ0n) is 12.2. The molecule has 1 heterocycles. The summed E-state index contributed by atoms with van der Waals surface area (Å²) in [4.78, 5) is 13.9. The van der Waals surface area contributed by atoms with E-state index < -0.39 is 24.8 Å². The lowest BCUT2D eigenvalue weighted by molar-refractivity contribution is -0.384. The predicted molar refractivity (Wildman–Crippen MR) is 87.0 cm³/mol. The van der Waals surface area contributed by atoms with E-state index in [2.05, 4.69) is 4.98 Å². The number of sulfone groups is 1. The number of aryl methyl sites for hydroxylation is 1. The molecule has 0 spiro atoms. The second-order valence-electron chi connectivity index (χ2n) is 4.80. The van der Waals surface area contributed by atoms with Gasteiger partial charge in [-0.25, -0.2) is 27.0 Å². The highest BCUT2D eigenvalue weighted by Gasteiger charge is 2.22. The highest BCUT2D eigenvalue weighted by atomic mass is 32.2. The zero-order chi connectivity index (χ0) is 18.0. The van der Waals surface area contributed by atoms with Crippen LogP contribution in [0.25, 0.3) is 0 Å². The smallest absolute Gasteiger partial charge is 0.258 e. The summed E-state index contributed by atoms with van der Waals surface area (Å²) in [6.45, 7) is 0. The Hall–Kier alpha value is -1.89. The number of benzene rings is 1. The van der Waals surface area contributed by atoms with Gasteiger partial charge in [-0.2, -0.15) is 0 Å². The second kappa shape index (κ2) is 6.93. The van der Waals surface area contributed by atoms with E-state index in [-0.39, 0.29) is 33.4 Å². The first-order chi connectivity index (χ1) is 11.1. The number of thiazole rings is 1. The maximum Gasteiger partial charge on any atom is 0.269 e. The van der Waals surface area contributed by atoms with Crippen molar-refractivity contribution in [2.75, 3.05) is 5.75 Å². The fraction of sp³-hybridized carbons (Fsp3) is 0.250. The van der Waals surface area contributed by atoms with Crippen molar-refractivity contribution in [2.45, 2.75) is 21.9 Å². The van der Waals surface area contributed by atoms with Gasteiger partial charge in [0.25, 0.3) is 5.69 Å². The van der Waals surface area contributed by atoms with Crippen molar-refractivity contribution < 1.29 is 21.8 Å². The summed E-state index contributed by atoms with van der Waals surface area (Å²) >= 11 is 0.927. The number of aromatic nitrogens is 1. The van der Waals surface area contributed by atoms with E-state index in [0.29, 0.717) is 5.01 Å². The highest BCUT2D eigenvalue weighted by Crippen LogP contribution is 2.27. The molecule has 0 saturated heterocycles. The van der Waals surface area contributed by atoms with Crippen LogP contribution in [0, 0.1) is 10.1 Å². The lowest BCUT2D eigenvalue weighted by atomic mass is 10.3. The first-order valence-electron chi connectivity index (χ1n) is 6.54. The Morgan fingerprint density at radius 2 is 1.79 bits per heavy atom.